The minimum atomic E-state index is -3.81. The van der Waals surface area contributed by atoms with E-state index < -0.39 is 10.1 Å². The van der Waals surface area contributed by atoms with Crippen LogP contribution in [0.2, 0.25) is 0 Å². The van der Waals surface area contributed by atoms with Gasteiger partial charge in [0.15, 0.2) is 0 Å². The summed E-state index contributed by atoms with van der Waals surface area (Å²) in [4.78, 5) is 6.92. The van der Waals surface area contributed by atoms with Crippen molar-refractivity contribution in [2.24, 2.45) is 0 Å². The second-order valence-corrected chi connectivity index (χ2v) is 9.82. The van der Waals surface area contributed by atoms with Crippen molar-refractivity contribution in [2.45, 2.75) is 108 Å². The van der Waals surface area contributed by atoms with E-state index in [4.69, 9.17) is 4.18 Å². The molecule has 0 amide bonds. The summed E-state index contributed by atoms with van der Waals surface area (Å²) >= 11 is 0. The van der Waals surface area contributed by atoms with Crippen molar-refractivity contribution in [3.05, 3.63) is 24.3 Å². The van der Waals surface area contributed by atoms with Gasteiger partial charge in [-0.05, 0) is 18.6 Å². The number of fused-ring (bicyclic) bond motifs is 1. The van der Waals surface area contributed by atoms with Crippen LogP contribution in [0.4, 0.5) is 0 Å². The topological polar surface area (TPSA) is 72.1 Å². The van der Waals surface area contributed by atoms with Crippen LogP contribution < -0.4 is 0 Å². The first-order valence-electron chi connectivity index (χ1n) is 12.0. The zero-order valence-electron chi connectivity index (χ0n) is 18.7. The van der Waals surface area contributed by atoms with Gasteiger partial charge in [-0.15, -0.1) is 0 Å². The van der Waals surface area contributed by atoms with E-state index in [0.717, 1.165) is 19.3 Å². The summed E-state index contributed by atoms with van der Waals surface area (Å²) in [7, 11) is -3.81. The average molecular weight is 461 g/mol. The van der Waals surface area contributed by atoms with Crippen molar-refractivity contribution < 1.29 is 12.6 Å². The van der Waals surface area contributed by atoms with Crippen LogP contribution in [0.3, 0.4) is 0 Å². The van der Waals surface area contributed by atoms with E-state index in [-0.39, 0.29) is 41.3 Å². The molecule has 5 nitrogen and oxygen atoms in total. The third-order valence-corrected chi connectivity index (χ3v) is 6.73. The zero-order chi connectivity index (χ0) is 21.5. The molecule has 0 radical (unpaired) electrons. The summed E-state index contributed by atoms with van der Waals surface area (Å²) in [5, 5.41) is -0.107. The zero-order valence-corrected chi connectivity index (χ0v) is 19.5. The Hall–Kier alpha value is -0.400. The standard InChI is InChI=1S/C24H40N2O3S.Na.H/c1-2-3-4-5-6-7-8-9-10-11-12-13-14-15-18-21-29-30(27,28)24-25-22-19-16-17-20-23(22)26-24;;/h16-17,19-20H,2-15,18,21H2,1H3,(H,25,26);;. The van der Waals surface area contributed by atoms with Crippen LogP contribution in [0.5, 0.6) is 0 Å². The summed E-state index contributed by atoms with van der Waals surface area (Å²) < 4.78 is 29.6. The van der Waals surface area contributed by atoms with E-state index in [1.165, 1.54) is 77.0 Å². The third kappa shape index (κ3) is 11.9. The molecular weight excluding hydrogens is 419 g/mol. The van der Waals surface area contributed by atoms with E-state index >= 15 is 0 Å². The monoisotopic (exact) mass is 460 g/mol. The first-order chi connectivity index (χ1) is 14.6. The number of imidazole rings is 1. The van der Waals surface area contributed by atoms with Gasteiger partial charge in [-0.3, -0.25) is 4.18 Å². The molecule has 2 rings (SSSR count). The summed E-state index contributed by atoms with van der Waals surface area (Å²) in [6.45, 7) is 2.49. The van der Waals surface area contributed by atoms with Crippen LogP contribution in [0.25, 0.3) is 11.0 Å². The number of para-hydroxylation sites is 2. The second-order valence-electron chi connectivity index (χ2n) is 8.28. The Kier molecular flexibility index (Phi) is 15.8. The molecule has 0 saturated heterocycles. The number of unbranched alkanes of at least 4 members (excludes halogenated alkanes) is 14. The molecule has 0 atom stereocenters. The molecule has 2 aromatic rings. The van der Waals surface area contributed by atoms with E-state index in [1.807, 2.05) is 12.1 Å². The number of aromatic amines is 1. The minimum absolute atomic E-state index is 0. The molecule has 1 N–H and O–H groups in total. The molecule has 0 aliphatic carbocycles. The van der Waals surface area contributed by atoms with Crippen molar-refractivity contribution >= 4 is 50.7 Å². The molecule has 1 heterocycles. The quantitative estimate of drug-likeness (QED) is 0.157. The van der Waals surface area contributed by atoms with Gasteiger partial charge in [-0.2, -0.15) is 8.42 Å². The molecule has 1 aromatic heterocycles. The summed E-state index contributed by atoms with van der Waals surface area (Å²) in [6.07, 6.45) is 19.2. The Morgan fingerprint density at radius 2 is 1.26 bits per heavy atom. The van der Waals surface area contributed by atoms with Crippen molar-refractivity contribution in [3.8, 4) is 0 Å². The van der Waals surface area contributed by atoms with Crippen LogP contribution >= 0.6 is 0 Å². The third-order valence-electron chi connectivity index (χ3n) is 5.59. The molecule has 0 aliphatic heterocycles. The molecule has 7 heteroatoms. The Morgan fingerprint density at radius 1 is 0.774 bits per heavy atom. The predicted molar refractivity (Wildman–Crippen MR) is 131 cm³/mol. The van der Waals surface area contributed by atoms with Gasteiger partial charge in [-0.1, -0.05) is 109 Å². The van der Waals surface area contributed by atoms with Gasteiger partial charge in [-0.25, -0.2) is 4.98 Å². The van der Waals surface area contributed by atoms with E-state index in [9.17, 15) is 8.42 Å². The van der Waals surface area contributed by atoms with Gasteiger partial charge >= 0.3 is 39.7 Å². The fourth-order valence-corrected chi connectivity index (χ4v) is 4.64. The normalized spacial score (nSPS) is 11.6. The van der Waals surface area contributed by atoms with Gasteiger partial charge in [0.1, 0.15) is 0 Å². The second kappa shape index (κ2) is 17.1. The van der Waals surface area contributed by atoms with Crippen molar-refractivity contribution in [2.75, 3.05) is 6.61 Å². The summed E-state index contributed by atoms with van der Waals surface area (Å²) in [6, 6.07) is 7.25. The molecule has 31 heavy (non-hydrogen) atoms. The number of hydrogen-bond donors (Lipinski definition) is 1. The van der Waals surface area contributed by atoms with Gasteiger partial charge in [0.05, 0.1) is 17.6 Å². The molecule has 172 valence electrons. The number of hydrogen-bond acceptors (Lipinski definition) is 4. The van der Waals surface area contributed by atoms with Gasteiger partial charge < -0.3 is 4.98 Å². The van der Waals surface area contributed by atoms with Gasteiger partial charge in [0.2, 0.25) is 0 Å². The molecule has 0 spiro atoms. The van der Waals surface area contributed by atoms with E-state index in [0.29, 0.717) is 11.0 Å². The molecular formula is C24H41N2NaO3S. The number of benzene rings is 1. The first kappa shape index (κ1) is 28.6. The summed E-state index contributed by atoms with van der Waals surface area (Å²) in [5.74, 6) is 0. The molecule has 0 aliphatic rings. The van der Waals surface area contributed by atoms with Crippen molar-refractivity contribution in [3.63, 3.8) is 0 Å². The Labute approximate surface area is 211 Å². The van der Waals surface area contributed by atoms with Crippen LogP contribution in [0.1, 0.15) is 103 Å². The number of nitrogens with one attached hydrogen (secondary N) is 1. The molecule has 1 aromatic carbocycles. The van der Waals surface area contributed by atoms with E-state index in [1.54, 1.807) is 12.1 Å². The SMILES string of the molecule is CCCCCCCCCCCCCCCCCOS(=O)(=O)c1nc2ccccc2[nH]1.[NaH]. The number of H-pyrrole nitrogens is 1. The Balaban J connectivity index is 0.00000480. The van der Waals surface area contributed by atoms with E-state index in [2.05, 4.69) is 16.9 Å². The summed E-state index contributed by atoms with van der Waals surface area (Å²) in [5.41, 5.74) is 1.33. The Bertz CT molecular complexity index is 775. The maximum absolute atomic E-state index is 12.2. The molecule has 0 saturated carbocycles. The maximum atomic E-state index is 12.2. The fraction of sp³-hybridized carbons (Fsp3) is 0.708. The number of nitrogens with zero attached hydrogens (tertiary/aromatic N) is 1. The van der Waals surface area contributed by atoms with Crippen LogP contribution in [0, 0.1) is 0 Å². The van der Waals surface area contributed by atoms with Crippen LogP contribution in [-0.2, 0) is 14.3 Å². The average Bonchev–Trinajstić information content (AvgIpc) is 3.19. The van der Waals surface area contributed by atoms with Crippen LogP contribution in [-0.4, -0.2) is 54.5 Å². The van der Waals surface area contributed by atoms with Gasteiger partial charge in [0, 0.05) is 0 Å². The molecule has 0 unspecified atom stereocenters. The predicted octanol–water partition coefficient (Wildman–Crippen LogP) is 6.49. The number of aromatic nitrogens is 2. The van der Waals surface area contributed by atoms with Gasteiger partial charge in [0.25, 0.3) is 5.16 Å². The Morgan fingerprint density at radius 3 is 1.77 bits per heavy atom. The molecule has 0 fully saturated rings. The molecule has 0 bridgehead atoms. The number of rotatable bonds is 18. The van der Waals surface area contributed by atoms with Crippen molar-refractivity contribution in [1.82, 2.24) is 9.97 Å². The van der Waals surface area contributed by atoms with Crippen LogP contribution in [0.15, 0.2) is 29.4 Å². The fourth-order valence-electron chi connectivity index (χ4n) is 3.75. The first-order valence-corrected chi connectivity index (χ1v) is 13.4. The van der Waals surface area contributed by atoms with Crippen molar-refractivity contribution in [1.29, 1.82) is 0 Å².